The van der Waals surface area contributed by atoms with Crippen LogP contribution in [0.25, 0.3) is 0 Å². The lowest BCUT2D eigenvalue weighted by Crippen LogP contribution is -2.45. The summed E-state index contributed by atoms with van der Waals surface area (Å²) in [5.74, 6) is -0.255. The van der Waals surface area contributed by atoms with Crippen LogP contribution >= 0.6 is 0 Å². The SMILES string of the molecule is CCOc1ncccc1C(=O)N1CCCNC(=O)[C@@H](C)NC(=O)c2ccc(C)cc2OCCCn2cc(nn2)C1. The summed E-state index contributed by atoms with van der Waals surface area (Å²) >= 11 is 0. The predicted octanol–water partition coefficient (Wildman–Crippen LogP) is 2.13. The number of aromatic nitrogens is 4. The molecule has 3 aromatic rings. The van der Waals surface area contributed by atoms with Gasteiger partial charge in [-0.05, 0) is 57.0 Å². The van der Waals surface area contributed by atoms with Crippen molar-refractivity contribution in [1.82, 2.24) is 35.5 Å². The van der Waals surface area contributed by atoms with Crippen LogP contribution in [0.5, 0.6) is 11.6 Å². The summed E-state index contributed by atoms with van der Waals surface area (Å²) in [5, 5.41) is 14.1. The molecule has 1 atom stereocenters. The Morgan fingerprint density at radius 2 is 2.05 bits per heavy atom. The average molecular weight is 550 g/mol. The molecule has 0 aliphatic carbocycles. The maximum Gasteiger partial charge on any atom is 0.259 e. The first-order valence-electron chi connectivity index (χ1n) is 13.4. The number of carbonyl (C=O) groups excluding carboxylic acids is 3. The highest BCUT2D eigenvalue weighted by Crippen LogP contribution is 2.21. The van der Waals surface area contributed by atoms with E-state index >= 15 is 0 Å². The normalized spacial score (nSPS) is 17.3. The van der Waals surface area contributed by atoms with Crippen molar-refractivity contribution in [2.24, 2.45) is 0 Å². The quantitative estimate of drug-likeness (QED) is 0.506. The predicted molar refractivity (Wildman–Crippen MR) is 146 cm³/mol. The maximum atomic E-state index is 13.6. The zero-order valence-electron chi connectivity index (χ0n) is 23.1. The van der Waals surface area contributed by atoms with E-state index in [2.05, 4.69) is 25.9 Å². The topological polar surface area (TPSA) is 141 Å². The number of aryl methyl sites for hydroxylation is 2. The number of hydrogen-bond acceptors (Lipinski definition) is 8. The fraction of sp³-hybridized carbons (Fsp3) is 0.429. The molecule has 0 radical (unpaired) electrons. The second kappa shape index (κ2) is 13.5. The molecule has 0 spiro atoms. The van der Waals surface area contributed by atoms with Crippen LogP contribution in [0, 0.1) is 6.92 Å². The van der Waals surface area contributed by atoms with Crippen LogP contribution < -0.4 is 20.1 Å². The zero-order valence-corrected chi connectivity index (χ0v) is 23.1. The Bertz CT molecular complexity index is 1340. The highest BCUT2D eigenvalue weighted by molar-refractivity contribution is 5.99. The van der Waals surface area contributed by atoms with Crippen LogP contribution in [0.2, 0.25) is 0 Å². The molecule has 3 heterocycles. The van der Waals surface area contributed by atoms with Gasteiger partial charge in [0.05, 0.1) is 31.5 Å². The smallest absolute Gasteiger partial charge is 0.259 e. The number of pyridine rings is 1. The standard InChI is InChI=1S/C28H35N7O5/c1-4-39-27-23(8-5-11-30-27)28(38)34-13-6-12-29-25(36)20(3)31-26(37)22-10-9-19(2)16-24(22)40-15-7-14-35-18-21(17-34)32-33-35/h5,8-11,16,18,20H,4,6-7,12-15,17H2,1-3H3,(H,29,36)(H,31,37)/t20-/m1/s1. The third kappa shape index (κ3) is 7.33. The molecule has 3 amide bonds. The summed E-state index contributed by atoms with van der Waals surface area (Å²) in [6.45, 7) is 7.51. The summed E-state index contributed by atoms with van der Waals surface area (Å²) in [6.07, 6.45) is 4.48. The minimum Gasteiger partial charge on any atom is -0.493 e. The monoisotopic (exact) mass is 549 g/mol. The van der Waals surface area contributed by atoms with E-state index in [1.54, 1.807) is 53.2 Å². The highest BCUT2D eigenvalue weighted by Gasteiger charge is 2.23. The summed E-state index contributed by atoms with van der Waals surface area (Å²) in [5.41, 5.74) is 2.29. The molecule has 4 rings (SSSR count). The van der Waals surface area contributed by atoms with Crippen LogP contribution in [-0.4, -0.2) is 74.9 Å². The van der Waals surface area contributed by atoms with Crippen molar-refractivity contribution in [3.05, 3.63) is 65.1 Å². The van der Waals surface area contributed by atoms with E-state index in [4.69, 9.17) is 9.47 Å². The molecule has 0 saturated carbocycles. The van der Waals surface area contributed by atoms with Crippen molar-refractivity contribution in [1.29, 1.82) is 0 Å². The summed E-state index contributed by atoms with van der Waals surface area (Å²) in [7, 11) is 0. The minimum absolute atomic E-state index is 0.225. The second-order valence-electron chi connectivity index (χ2n) is 9.53. The Morgan fingerprint density at radius 3 is 2.88 bits per heavy atom. The number of benzene rings is 1. The molecule has 12 heteroatoms. The van der Waals surface area contributed by atoms with Gasteiger partial charge >= 0.3 is 0 Å². The van der Waals surface area contributed by atoms with Crippen LogP contribution in [0.4, 0.5) is 0 Å². The first-order chi connectivity index (χ1) is 19.4. The molecular formula is C28H35N7O5. The van der Waals surface area contributed by atoms with Crippen LogP contribution in [-0.2, 0) is 17.9 Å². The fourth-order valence-electron chi connectivity index (χ4n) is 4.26. The van der Waals surface area contributed by atoms with Crippen molar-refractivity contribution < 1.29 is 23.9 Å². The lowest BCUT2D eigenvalue weighted by atomic mass is 10.1. The molecule has 1 aromatic carbocycles. The fourth-order valence-corrected chi connectivity index (χ4v) is 4.26. The molecule has 40 heavy (non-hydrogen) atoms. The Morgan fingerprint density at radius 1 is 1.20 bits per heavy atom. The second-order valence-corrected chi connectivity index (χ2v) is 9.53. The molecule has 1 aliphatic heterocycles. The van der Waals surface area contributed by atoms with Crippen LogP contribution in [0.1, 0.15) is 58.7 Å². The number of fused-ring (bicyclic) bond motifs is 3. The van der Waals surface area contributed by atoms with E-state index in [1.807, 2.05) is 19.9 Å². The van der Waals surface area contributed by atoms with Crippen molar-refractivity contribution >= 4 is 17.7 Å². The first kappa shape index (κ1) is 28.5. The van der Waals surface area contributed by atoms with E-state index in [0.717, 1.165) is 5.56 Å². The highest BCUT2D eigenvalue weighted by atomic mass is 16.5. The van der Waals surface area contributed by atoms with E-state index in [0.29, 0.717) is 68.3 Å². The molecule has 1 aliphatic rings. The van der Waals surface area contributed by atoms with Crippen LogP contribution in [0.15, 0.2) is 42.7 Å². The van der Waals surface area contributed by atoms with E-state index in [1.165, 1.54) is 0 Å². The number of rotatable bonds is 3. The molecular weight excluding hydrogens is 514 g/mol. The number of ether oxygens (including phenoxy) is 2. The van der Waals surface area contributed by atoms with Gasteiger partial charge < -0.3 is 25.0 Å². The molecule has 2 N–H and O–H groups in total. The van der Waals surface area contributed by atoms with Crippen molar-refractivity contribution in [2.45, 2.75) is 52.7 Å². The maximum absolute atomic E-state index is 13.6. The van der Waals surface area contributed by atoms with Gasteiger partial charge in [0.15, 0.2) is 0 Å². The van der Waals surface area contributed by atoms with E-state index in [-0.39, 0.29) is 24.2 Å². The molecule has 12 nitrogen and oxygen atoms in total. The molecule has 0 unspecified atom stereocenters. The minimum atomic E-state index is -0.764. The lowest BCUT2D eigenvalue weighted by Gasteiger charge is -2.23. The Labute approximate surface area is 233 Å². The lowest BCUT2D eigenvalue weighted by molar-refractivity contribution is -0.122. The number of nitrogens with zero attached hydrogens (tertiary/aromatic N) is 5. The zero-order chi connectivity index (χ0) is 28.5. The third-order valence-electron chi connectivity index (χ3n) is 6.32. The third-order valence-corrected chi connectivity index (χ3v) is 6.32. The molecule has 212 valence electrons. The van der Waals surface area contributed by atoms with Crippen molar-refractivity contribution in [3.63, 3.8) is 0 Å². The Balaban J connectivity index is 1.54. The van der Waals surface area contributed by atoms with Gasteiger partial charge in [0.1, 0.15) is 23.0 Å². The summed E-state index contributed by atoms with van der Waals surface area (Å²) in [4.78, 5) is 45.1. The van der Waals surface area contributed by atoms with Gasteiger partial charge in [0.2, 0.25) is 11.8 Å². The molecule has 0 saturated heterocycles. The van der Waals surface area contributed by atoms with Gasteiger partial charge in [-0.1, -0.05) is 11.3 Å². The van der Waals surface area contributed by atoms with Crippen LogP contribution in [0.3, 0.4) is 0 Å². The van der Waals surface area contributed by atoms with Gasteiger partial charge in [0, 0.05) is 32.3 Å². The number of hydrogen-bond donors (Lipinski definition) is 2. The van der Waals surface area contributed by atoms with Gasteiger partial charge in [-0.2, -0.15) is 0 Å². The Kier molecular flexibility index (Phi) is 9.66. The molecule has 2 aromatic heterocycles. The van der Waals surface area contributed by atoms with Gasteiger partial charge in [-0.25, -0.2) is 4.98 Å². The van der Waals surface area contributed by atoms with Crippen molar-refractivity contribution in [2.75, 3.05) is 26.3 Å². The van der Waals surface area contributed by atoms with E-state index in [9.17, 15) is 14.4 Å². The van der Waals surface area contributed by atoms with Gasteiger partial charge in [-0.15, -0.1) is 5.10 Å². The first-order valence-corrected chi connectivity index (χ1v) is 13.4. The van der Waals surface area contributed by atoms with Gasteiger partial charge in [0.25, 0.3) is 11.8 Å². The molecule has 2 bridgehead atoms. The molecule has 0 fully saturated rings. The van der Waals surface area contributed by atoms with Gasteiger partial charge in [-0.3, -0.25) is 19.1 Å². The number of nitrogens with one attached hydrogen (secondary N) is 2. The number of amides is 3. The number of carbonyl (C=O) groups is 3. The Hall–Kier alpha value is -4.48. The summed E-state index contributed by atoms with van der Waals surface area (Å²) < 4.78 is 13.2. The van der Waals surface area contributed by atoms with E-state index < -0.39 is 11.9 Å². The average Bonchev–Trinajstić information content (AvgIpc) is 3.39. The summed E-state index contributed by atoms with van der Waals surface area (Å²) in [6, 6.07) is 7.93. The van der Waals surface area contributed by atoms with Crippen molar-refractivity contribution in [3.8, 4) is 11.6 Å². The largest absolute Gasteiger partial charge is 0.493 e.